The summed E-state index contributed by atoms with van der Waals surface area (Å²) in [6.07, 6.45) is 4.14. The van der Waals surface area contributed by atoms with Crippen molar-refractivity contribution in [3.63, 3.8) is 0 Å². The Kier molecular flexibility index (Phi) is 4.37. The second-order valence-electron chi connectivity index (χ2n) is 6.97. The number of carbonyl (C=O) groups is 2. The number of aryl methyl sites for hydroxylation is 2. The van der Waals surface area contributed by atoms with Gasteiger partial charge in [-0.25, -0.2) is 0 Å². The number of amides is 2. The highest BCUT2D eigenvalue weighted by Crippen LogP contribution is 2.33. The largest absolute Gasteiger partial charge is 0.477 e. The van der Waals surface area contributed by atoms with Crippen LogP contribution in [-0.2, 0) is 28.9 Å². The molecule has 1 aliphatic carbocycles. The van der Waals surface area contributed by atoms with Gasteiger partial charge in [-0.2, -0.15) is 0 Å². The molecule has 0 bridgehead atoms. The summed E-state index contributed by atoms with van der Waals surface area (Å²) in [5, 5.41) is 0. The third-order valence-corrected chi connectivity index (χ3v) is 5.16. The summed E-state index contributed by atoms with van der Waals surface area (Å²) < 4.78 is 5.63. The number of carbonyl (C=O) groups excluding carboxylic acids is 2. The van der Waals surface area contributed by atoms with Crippen LogP contribution in [0.2, 0.25) is 0 Å². The first-order chi connectivity index (χ1) is 12.6. The maximum Gasteiger partial charge on any atom is 0.260 e. The fourth-order valence-corrected chi connectivity index (χ4v) is 3.79. The van der Waals surface area contributed by atoms with Gasteiger partial charge in [0.15, 0.2) is 6.10 Å². The first-order valence-electron chi connectivity index (χ1n) is 9.08. The SMILES string of the molecule is NC(=O)[C@@H]1CN(C(=O)Cc2ccc3c(c2)CCCC3)c2ccccc2O1. The Bertz CT molecular complexity index is 862. The van der Waals surface area contributed by atoms with Gasteiger partial charge in [0.05, 0.1) is 18.7 Å². The van der Waals surface area contributed by atoms with Crippen molar-refractivity contribution in [3.05, 3.63) is 59.2 Å². The zero-order valence-corrected chi connectivity index (χ0v) is 14.6. The van der Waals surface area contributed by atoms with Gasteiger partial charge in [0.1, 0.15) is 5.75 Å². The van der Waals surface area contributed by atoms with Crippen molar-refractivity contribution in [2.45, 2.75) is 38.2 Å². The first kappa shape index (κ1) is 16.6. The van der Waals surface area contributed by atoms with Crippen molar-refractivity contribution >= 4 is 17.5 Å². The van der Waals surface area contributed by atoms with Crippen LogP contribution in [0.15, 0.2) is 42.5 Å². The molecule has 4 rings (SSSR count). The van der Waals surface area contributed by atoms with Crippen LogP contribution >= 0.6 is 0 Å². The zero-order valence-electron chi connectivity index (χ0n) is 14.6. The summed E-state index contributed by atoms with van der Waals surface area (Å²) >= 11 is 0. The van der Waals surface area contributed by atoms with Crippen LogP contribution in [0.4, 0.5) is 5.69 Å². The Morgan fingerprint density at radius 1 is 1.08 bits per heavy atom. The predicted molar refractivity (Wildman–Crippen MR) is 99.2 cm³/mol. The number of ether oxygens (including phenoxy) is 1. The van der Waals surface area contributed by atoms with Crippen molar-refractivity contribution in [2.75, 3.05) is 11.4 Å². The van der Waals surface area contributed by atoms with Gasteiger partial charge < -0.3 is 15.4 Å². The molecular weight excluding hydrogens is 328 g/mol. The number of hydrogen-bond donors (Lipinski definition) is 1. The average molecular weight is 350 g/mol. The molecular formula is C21H22N2O3. The summed E-state index contributed by atoms with van der Waals surface area (Å²) in [5.74, 6) is -0.102. The van der Waals surface area contributed by atoms with Gasteiger partial charge in [-0.1, -0.05) is 30.3 Å². The number of para-hydroxylation sites is 2. The van der Waals surface area contributed by atoms with E-state index in [1.165, 1.54) is 24.0 Å². The van der Waals surface area contributed by atoms with E-state index in [0.717, 1.165) is 18.4 Å². The minimum absolute atomic E-state index is 0.0530. The summed E-state index contributed by atoms with van der Waals surface area (Å²) in [6.45, 7) is 0.149. The maximum absolute atomic E-state index is 13.0. The molecule has 5 nitrogen and oxygen atoms in total. The second-order valence-corrected chi connectivity index (χ2v) is 6.97. The van der Waals surface area contributed by atoms with Crippen molar-refractivity contribution in [3.8, 4) is 5.75 Å². The summed E-state index contributed by atoms with van der Waals surface area (Å²) in [4.78, 5) is 26.2. The van der Waals surface area contributed by atoms with Crippen LogP contribution in [-0.4, -0.2) is 24.5 Å². The third-order valence-electron chi connectivity index (χ3n) is 5.16. The van der Waals surface area contributed by atoms with Crippen LogP contribution in [0.3, 0.4) is 0 Å². The Morgan fingerprint density at radius 2 is 1.85 bits per heavy atom. The Labute approximate surface area is 152 Å². The first-order valence-corrected chi connectivity index (χ1v) is 9.08. The van der Waals surface area contributed by atoms with Gasteiger partial charge in [-0.3, -0.25) is 9.59 Å². The van der Waals surface area contributed by atoms with E-state index in [1.54, 1.807) is 11.0 Å². The lowest BCUT2D eigenvalue weighted by Crippen LogP contribution is -2.49. The number of nitrogens with zero attached hydrogens (tertiary/aromatic N) is 1. The molecule has 0 spiro atoms. The van der Waals surface area contributed by atoms with Crippen LogP contribution in [0.5, 0.6) is 5.75 Å². The fourth-order valence-electron chi connectivity index (χ4n) is 3.79. The van der Waals surface area contributed by atoms with Gasteiger partial charge in [0.25, 0.3) is 5.91 Å². The molecule has 2 amide bonds. The molecule has 26 heavy (non-hydrogen) atoms. The lowest BCUT2D eigenvalue weighted by molar-refractivity contribution is -0.125. The van der Waals surface area contributed by atoms with E-state index in [4.69, 9.17) is 10.5 Å². The van der Waals surface area contributed by atoms with E-state index in [1.807, 2.05) is 24.3 Å². The van der Waals surface area contributed by atoms with E-state index >= 15 is 0 Å². The van der Waals surface area contributed by atoms with E-state index in [0.29, 0.717) is 17.9 Å². The molecule has 2 aromatic carbocycles. The van der Waals surface area contributed by atoms with Crippen LogP contribution in [0.25, 0.3) is 0 Å². The number of benzene rings is 2. The molecule has 1 atom stereocenters. The normalized spacial score (nSPS) is 18.5. The number of nitrogens with two attached hydrogens (primary N) is 1. The summed E-state index contributed by atoms with van der Waals surface area (Å²) in [5.41, 5.74) is 9.87. The van der Waals surface area contributed by atoms with Crippen molar-refractivity contribution in [1.29, 1.82) is 0 Å². The Hall–Kier alpha value is -2.82. The lowest BCUT2D eigenvalue weighted by Gasteiger charge is -2.33. The Balaban J connectivity index is 1.58. The molecule has 2 N–H and O–H groups in total. The molecule has 2 aliphatic rings. The van der Waals surface area contributed by atoms with Gasteiger partial charge >= 0.3 is 0 Å². The molecule has 0 aromatic heterocycles. The number of rotatable bonds is 3. The highest BCUT2D eigenvalue weighted by Gasteiger charge is 2.32. The summed E-state index contributed by atoms with van der Waals surface area (Å²) in [7, 11) is 0. The van der Waals surface area contributed by atoms with Gasteiger partial charge in [-0.05, 0) is 54.5 Å². The van der Waals surface area contributed by atoms with E-state index < -0.39 is 12.0 Å². The molecule has 1 heterocycles. The molecule has 134 valence electrons. The molecule has 0 radical (unpaired) electrons. The van der Waals surface area contributed by atoms with Gasteiger partial charge in [0.2, 0.25) is 5.91 Å². The van der Waals surface area contributed by atoms with E-state index in [9.17, 15) is 9.59 Å². The lowest BCUT2D eigenvalue weighted by atomic mass is 9.90. The smallest absolute Gasteiger partial charge is 0.260 e. The van der Waals surface area contributed by atoms with Crippen LogP contribution in [0.1, 0.15) is 29.5 Å². The molecule has 0 fully saturated rings. The second kappa shape index (κ2) is 6.83. The average Bonchev–Trinajstić information content (AvgIpc) is 2.67. The van der Waals surface area contributed by atoms with Crippen molar-refractivity contribution in [2.24, 2.45) is 5.73 Å². The standard InChI is InChI=1S/C21H22N2O3/c22-21(25)19-13-23(17-7-3-4-8-18(17)26-19)20(24)12-14-9-10-15-5-1-2-6-16(15)11-14/h3-4,7-11,19H,1-2,5-6,12-13H2,(H2,22,25)/t19-/m0/s1. The van der Waals surface area contributed by atoms with Crippen molar-refractivity contribution < 1.29 is 14.3 Å². The topological polar surface area (TPSA) is 72.6 Å². The Morgan fingerprint density at radius 3 is 2.65 bits per heavy atom. The fraction of sp³-hybridized carbons (Fsp3) is 0.333. The number of primary amides is 1. The molecule has 0 unspecified atom stereocenters. The van der Waals surface area contributed by atoms with Gasteiger partial charge in [-0.15, -0.1) is 0 Å². The van der Waals surface area contributed by atoms with E-state index in [2.05, 4.69) is 12.1 Å². The monoisotopic (exact) mass is 350 g/mol. The van der Waals surface area contributed by atoms with Crippen LogP contribution in [0, 0.1) is 0 Å². The quantitative estimate of drug-likeness (QED) is 0.924. The molecule has 1 aliphatic heterocycles. The predicted octanol–water partition coefficient (Wildman–Crippen LogP) is 2.39. The third kappa shape index (κ3) is 3.17. The number of fused-ring (bicyclic) bond motifs is 2. The van der Waals surface area contributed by atoms with E-state index in [-0.39, 0.29) is 12.5 Å². The highest BCUT2D eigenvalue weighted by molar-refractivity contribution is 5.98. The molecule has 0 saturated heterocycles. The number of hydrogen-bond acceptors (Lipinski definition) is 3. The molecule has 0 saturated carbocycles. The van der Waals surface area contributed by atoms with Gasteiger partial charge in [0, 0.05) is 0 Å². The number of anilines is 1. The minimum Gasteiger partial charge on any atom is -0.477 e. The zero-order chi connectivity index (χ0) is 18.1. The highest BCUT2D eigenvalue weighted by atomic mass is 16.5. The maximum atomic E-state index is 13.0. The van der Waals surface area contributed by atoms with Crippen molar-refractivity contribution in [1.82, 2.24) is 0 Å². The summed E-state index contributed by atoms with van der Waals surface area (Å²) in [6, 6.07) is 13.6. The molecule has 5 heteroatoms. The van der Waals surface area contributed by atoms with Crippen LogP contribution < -0.4 is 15.4 Å². The molecule has 2 aromatic rings. The minimum atomic E-state index is -0.822.